The molecule has 2 aliphatic heterocycles. The van der Waals surface area contributed by atoms with Crippen LogP contribution >= 0.6 is 15.6 Å². The number of nitrogens with one attached hydrogen (secondary N) is 1. The van der Waals surface area contributed by atoms with Crippen LogP contribution in [0, 0.1) is 0 Å². The number of nitrogens with zero attached hydrogens (tertiary/aromatic N) is 4. The predicted molar refractivity (Wildman–Crippen MR) is 134 cm³/mol. The minimum Gasteiger partial charge on any atom is -0.393 e. The Balaban J connectivity index is 1.39. The minimum absolute atomic E-state index is 0.0797. The van der Waals surface area contributed by atoms with Crippen LogP contribution in [0.15, 0.2) is 23.4 Å². The summed E-state index contributed by atoms with van der Waals surface area (Å²) in [4.78, 5) is 51.9. The smallest absolute Gasteiger partial charge is 0.393 e. The van der Waals surface area contributed by atoms with Gasteiger partial charge in [0, 0.05) is 6.20 Å². The summed E-state index contributed by atoms with van der Waals surface area (Å²) >= 11 is 0. The Hall–Kier alpha value is -2.74. The average Bonchev–Trinajstić information content (AvgIpc) is 3.43. The Kier molecular flexibility index (Phi) is 9.08. The molecule has 0 spiro atoms. The number of hydrogen-bond acceptors (Lipinski definition) is 16. The number of aromatic nitrogens is 4. The van der Waals surface area contributed by atoms with E-state index >= 15 is 0 Å². The first-order valence-corrected chi connectivity index (χ1v) is 14.6. The van der Waals surface area contributed by atoms with Gasteiger partial charge in [0.05, 0.1) is 19.3 Å². The molecule has 22 heteroatoms. The maximum Gasteiger partial charge on any atom is 0.472 e. The number of aliphatic hydroxyl groups is 1. The van der Waals surface area contributed by atoms with E-state index in [0.717, 1.165) is 10.8 Å². The number of rotatable bonds is 11. The predicted octanol–water partition coefficient (Wildman–Crippen LogP) is -1.73. The summed E-state index contributed by atoms with van der Waals surface area (Å²) in [5.74, 6) is 0.211. The van der Waals surface area contributed by atoms with Crippen molar-refractivity contribution >= 4 is 38.8 Å². The standard InChI is InChI=1S/C18H28N8O12P2/c19-10-3-4-26(18(28)24-10)17-13(27)14(9(37-17)6-34-39(29,30)31)38-40(32,33)35-5-8-1-2-11(36-8)25-16-12(20)15(21)22-7-23-16/h3-4,7-9,11,13-14,17,27H,1-2,5-6,20H2,(H,32,33)(H2,19,24,28)(H2,29,30,31)(H3,21,22,23,25)/t8-,9+,11+,13+,14?,17+/m0/s1. The summed E-state index contributed by atoms with van der Waals surface area (Å²) in [6, 6.07) is 1.23. The Morgan fingerprint density at radius 3 is 2.55 bits per heavy atom. The third-order valence-corrected chi connectivity index (χ3v) is 7.31. The van der Waals surface area contributed by atoms with Crippen LogP contribution < -0.4 is 28.2 Å². The van der Waals surface area contributed by atoms with Crippen molar-refractivity contribution in [3.63, 3.8) is 0 Å². The lowest BCUT2D eigenvalue weighted by Crippen LogP contribution is -2.38. The summed E-state index contributed by atoms with van der Waals surface area (Å²) in [6.45, 7) is -1.29. The summed E-state index contributed by atoms with van der Waals surface area (Å²) in [5, 5.41) is 13.7. The van der Waals surface area contributed by atoms with Crippen molar-refractivity contribution in [2.45, 2.75) is 49.7 Å². The third kappa shape index (κ3) is 7.50. The SMILES string of the molecule is Nc1ccn([C@@H]2O[C@H](COP(=O)(O)O)C(OP(=O)(O)OC[C@@H]3CC[C@H](Nc4ncnc(N)c4N)O3)[C@H]2O)c(=O)n1. The highest BCUT2D eigenvalue weighted by Crippen LogP contribution is 2.49. The van der Waals surface area contributed by atoms with Crippen LogP contribution in [0.25, 0.3) is 0 Å². The number of anilines is 4. The number of nitrogens with two attached hydrogens (primary N) is 3. The van der Waals surface area contributed by atoms with Crippen LogP contribution in [0.5, 0.6) is 0 Å². The van der Waals surface area contributed by atoms with Gasteiger partial charge in [0.1, 0.15) is 42.4 Å². The molecule has 4 rings (SSSR count). The molecule has 0 bridgehead atoms. The summed E-state index contributed by atoms with van der Waals surface area (Å²) in [6.07, 6.45) is -4.62. The molecular weight excluding hydrogens is 582 g/mol. The van der Waals surface area contributed by atoms with Gasteiger partial charge in [-0.3, -0.25) is 18.1 Å². The van der Waals surface area contributed by atoms with Crippen LogP contribution in [-0.2, 0) is 32.2 Å². The topological polar surface area (TPSA) is 312 Å². The van der Waals surface area contributed by atoms with Crippen LogP contribution in [0.2, 0.25) is 0 Å². The molecule has 2 aliphatic rings. The zero-order valence-electron chi connectivity index (χ0n) is 20.5. The van der Waals surface area contributed by atoms with Crippen LogP contribution in [0.1, 0.15) is 19.1 Å². The van der Waals surface area contributed by atoms with Gasteiger partial charge in [-0.25, -0.2) is 23.9 Å². The van der Waals surface area contributed by atoms with Crippen molar-refractivity contribution in [1.82, 2.24) is 19.5 Å². The van der Waals surface area contributed by atoms with E-state index in [1.165, 1.54) is 12.4 Å². The van der Waals surface area contributed by atoms with Gasteiger partial charge < -0.3 is 51.8 Å². The number of hydrogen-bond donors (Lipinski definition) is 8. The molecule has 222 valence electrons. The lowest BCUT2D eigenvalue weighted by Gasteiger charge is -2.24. The molecule has 11 N–H and O–H groups in total. The van der Waals surface area contributed by atoms with Gasteiger partial charge in [0.2, 0.25) is 0 Å². The average molecular weight is 610 g/mol. The van der Waals surface area contributed by atoms with Crippen molar-refractivity contribution in [2.24, 2.45) is 0 Å². The first-order chi connectivity index (χ1) is 18.7. The molecule has 20 nitrogen and oxygen atoms in total. The molecule has 4 heterocycles. The van der Waals surface area contributed by atoms with E-state index in [-0.39, 0.29) is 23.1 Å². The van der Waals surface area contributed by atoms with Crippen molar-refractivity contribution < 1.29 is 52.0 Å². The van der Waals surface area contributed by atoms with E-state index in [9.17, 15) is 23.9 Å². The van der Waals surface area contributed by atoms with Gasteiger partial charge in [-0.2, -0.15) is 4.98 Å². The van der Waals surface area contributed by atoms with Gasteiger partial charge in [-0.1, -0.05) is 0 Å². The van der Waals surface area contributed by atoms with Crippen molar-refractivity contribution in [3.8, 4) is 0 Å². The molecule has 0 aromatic carbocycles. The van der Waals surface area contributed by atoms with Crippen LogP contribution in [-0.4, -0.2) is 83.2 Å². The quantitative estimate of drug-likeness (QED) is 0.131. The molecule has 0 amide bonds. The second-order valence-corrected chi connectivity index (χ2v) is 11.4. The first-order valence-electron chi connectivity index (χ1n) is 11.5. The van der Waals surface area contributed by atoms with E-state index < -0.39 is 71.4 Å². The highest BCUT2D eigenvalue weighted by molar-refractivity contribution is 7.47. The van der Waals surface area contributed by atoms with E-state index in [1.807, 2.05) is 0 Å². The number of nitrogen functional groups attached to an aromatic ring is 3. The minimum atomic E-state index is -5.01. The normalized spacial score (nSPS) is 28.4. The Morgan fingerprint density at radius 1 is 1.10 bits per heavy atom. The van der Waals surface area contributed by atoms with Gasteiger partial charge in [-0.15, -0.1) is 0 Å². The van der Waals surface area contributed by atoms with E-state index in [0.29, 0.717) is 12.8 Å². The third-order valence-electron chi connectivity index (χ3n) is 5.84. The fourth-order valence-electron chi connectivity index (χ4n) is 3.98. The molecule has 2 aromatic rings. The summed E-state index contributed by atoms with van der Waals surface area (Å²) in [5.41, 5.74) is 16.1. The molecule has 2 saturated heterocycles. The maximum atomic E-state index is 12.8. The molecule has 0 aliphatic carbocycles. The first kappa shape index (κ1) is 30.2. The Labute approximate surface area is 225 Å². The van der Waals surface area contributed by atoms with Crippen molar-refractivity contribution in [1.29, 1.82) is 0 Å². The number of ether oxygens (including phenoxy) is 2. The molecule has 40 heavy (non-hydrogen) atoms. The summed E-state index contributed by atoms with van der Waals surface area (Å²) in [7, 11) is -9.95. The highest BCUT2D eigenvalue weighted by atomic mass is 31.2. The van der Waals surface area contributed by atoms with Crippen molar-refractivity contribution in [3.05, 3.63) is 29.1 Å². The van der Waals surface area contributed by atoms with Crippen LogP contribution in [0.3, 0.4) is 0 Å². The van der Waals surface area contributed by atoms with E-state index in [2.05, 4.69) is 24.8 Å². The van der Waals surface area contributed by atoms with Gasteiger partial charge >= 0.3 is 21.3 Å². The van der Waals surface area contributed by atoms with Crippen LogP contribution in [0.4, 0.5) is 23.1 Å². The van der Waals surface area contributed by atoms with Crippen molar-refractivity contribution in [2.75, 3.05) is 35.7 Å². The molecule has 7 atom stereocenters. The Morgan fingerprint density at radius 2 is 1.85 bits per heavy atom. The highest BCUT2D eigenvalue weighted by Gasteiger charge is 2.50. The Bertz CT molecular complexity index is 1360. The van der Waals surface area contributed by atoms with Gasteiger partial charge in [0.15, 0.2) is 17.9 Å². The van der Waals surface area contributed by atoms with Gasteiger partial charge in [0.25, 0.3) is 0 Å². The molecular formula is C18H28N8O12P2. The number of phosphoric ester groups is 2. The second kappa shape index (κ2) is 12.0. The monoisotopic (exact) mass is 610 g/mol. The molecule has 2 aromatic heterocycles. The molecule has 2 fully saturated rings. The van der Waals surface area contributed by atoms with Gasteiger partial charge in [-0.05, 0) is 18.9 Å². The zero-order chi connectivity index (χ0) is 29.2. The van der Waals surface area contributed by atoms with E-state index in [4.69, 9.17) is 45.5 Å². The molecule has 0 radical (unpaired) electrons. The van der Waals surface area contributed by atoms with E-state index in [1.54, 1.807) is 0 Å². The lowest BCUT2D eigenvalue weighted by molar-refractivity contribution is -0.0545. The molecule has 0 saturated carbocycles. The number of phosphoric acid groups is 2. The maximum absolute atomic E-state index is 12.8. The fraction of sp³-hybridized carbons (Fsp3) is 0.556. The number of aliphatic hydroxyl groups excluding tert-OH is 1. The lowest BCUT2D eigenvalue weighted by atomic mass is 10.1. The summed E-state index contributed by atoms with van der Waals surface area (Å²) < 4.78 is 50.6. The fourth-order valence-corrected chi connectivity index (χ4v) is 5.30. The zero-order valence-corrected chi connectivity index (χ0v) is 22.3. The molecule has 2 unspecified atom stereocenters. The largest absolute Gasteiger partial charge is 0.472 e. The second-order valence-electron chi connectivity index (χ2n) is 8.71.